The smallest absolute Gasteiger partial charge is 0.407 e. The van der Waals surface area contributed by atoms with Gasteiger partial charge in [0.15, 0.2) is 0 Å². The molecule has 1 amide bonds. The van der Waals surface area contributed by atoms with Gasteiger partial charge in [0.25, 0.3) is 0 Å². The number of amides is 1. The topological polar surface area (TPSA) is 148 Å². The molecule has 0 saturated carbocycles. The highest BCUT2D eigenvalue weighted by Gasteiger charge is 2.28. The van der Waals surface area contributed by atoms with Crippen LogP contribution < -0.4 is 5.32 Å². The van der Waals surface area contributed by atoms with E-state index in [2.05, 4.69) is 36.2 Å². The predicted molar refractivity (Wildman–Crippen MR) is 201 cm³/mol. The Morgan fingerprint density at radius 2 is 0.870 bits per heavy atom. The molecule has 1 N–H and O–H groups in total. The predicted octanol–water partition coefficient (Wildman–Crippen LogP) is 4.18. The van der Waals surface area contributed by atoms with Gasteiger partial charge in [0.1, 0.15) is 13.2 Å². The molecule has 14 nitrogen and oxygen atoms in total. The summed E-state index contributed by atoms with van der Waals surface area (Å²) in [6.45, 7) is 14.4. The SMILES string of the molecule is C=C(C)C(=O)OCCOCCOCCOCCOCCOCCOCCOCCOCCOCCCNC(=O)OCC1c2ccccc2-c2ccccc21. The van der Waals surface area contributed by atoms with Crippen molar-refractivity contribution in [2.24, 2.45) is 0 Å². The van der Waals surface area contributed by atoms with E-state index in [1.807, 2.05) is 24.3 Å². The van der Waals surface area contributed by atoms with E-state index in [0.29, 0.717) is 144 Å². The number of nitrogens with one attached hydrogen (secondary N) is 1. The number of ether oxygens (including phenoxy) is 11. The Morgan fingerprint density at radius 3 is 1.26 bits per heavy atom. The Kier molecular flexibility index (Phi) is 24.9. The fraction of sp³-hybridized carbons (Fsp3) is 0.600. The van der Waals surface area contributed by atoms with E-state index in [-0.39, 0.29) is 12.5 Å². The maximum Gasteiger partial charge on any atom is 0.407 e. The lowest BCUT2D eigenvalue weighted by Gasteiger charge is -2.14. The second-order valence-corrected chi connectivity index (χ2v) is 12.0. The summed E-state index contributed by atoms with van der Waals surface area (Å²) in [6.07, 6.45) is 0.261. The quantitative estimate of drug-likeness (QED) is 0.0619. The first kappa shape index (κ1) is 45.0. The Morgan fingerprint density at radius 1 is 0.519 bits per heavy atom. The first-order chi connectivity index (χ1) is 26.6. The molecule has 302 valence electrons. The first-order valence-electron chi connectivity index (χ1n) is 18.7. The number of esters is 1. The lowest BCUT2D eigenvalue weighted by Crippen LogP contribution is -2.27. The third kappa shape index (κ3) is 19.8. The van der Waals surface area contributed by atoms with Crippen LogP contribution in [0.1, 0.15) is 30.4 Å². The number of alkyl carbamates (subject to hydrolysis) is 1. The molecule has 2 aromatic rings. The van der Waals surface area contributed by atoms with Gasteiger partial charge in [-0.1, -0.05) is 55.1 Å². The van der Waals surface area contributed by atoms with Gasteiger partial charge in [-0.05, 0) is 35.6 Å². The Labute approximate surface area is 319 Å². The van der Waals surface area contributed by atoms with Crippen LogP contribution in [0, 0.1) is 0 Å². The highest BCUT2D eigenvalue weighted by atomic mass is 16.6. The van der Waals surface area contributed by atoms with E-state index in [4.69, 9.17) is 52.1 Å². The number of fused-ring (bicyclic) bond motifs is 3. The van der Waals surface area contributed by atoms with Crippen LogP contribution in [-0.4, -0.2) is 151 Å². The average Bonchev–Trinajstić information content (AvgIpc) is 3.50. The molecule has 0 aromatic heterocycles. The molecule has 1 aliphatic rings. The van der Waals surface area contributed by atoms with Gasteiger partial charge in [0.05, 0.1) is 112 Å². The molecule has 1 aliphatic carbocycles. The van der Waals surface area contributed by atoms with Gasteiger partial charge >= 0.3 is 12.1 Å². The highest BCUT2D eigenvalue weighted by Crippen LogP contribution is 2.44. The summed E-state index contributed by atoms with van der Waals surface area (Å²) in [7, 11) is 0. The highest BCUT2D eigenvalue weighted by molar-refractivity contribution is 5.86. The number of hydrogen-bond acceptors (Lipinski definition) is 13. The molecule has 0 saturated heterocycles. The number of benzene rings is 2. The zero-order valence-corrected chi connectivity index (χ0v) is 31.8. The van der Waals surface area contributed by atoms with Crippen molar-refractivity contribution in [3.8, 4) is 11.1 Å². The monoisotopic (exact) mass is 761 g/mol. The molecule has 0 unspecified atom stereocenters. The minimum atomic E-state index is -0.419. The summed E-state index contributed by atoms with van der Waals surface area (Å²) in [6, 6.07) is 16.5. The average molecular weight is 762 g/mol. The van der Waals surface area contributed by atoms with Crippen LogP contribution in [0.3, 0.4) is 0 Å². The normalized spacial score (nSPS) is 12.0. The van der Waals surface area contributed by atoms with Gasteiger partial charge in [0.2, 0.25) is 0 Å². The first-order valence-corrected chi connectivity index (χ1v) is 18.7. The third-order valence-electron chi connectivity index (χ3n) is 7.86. The molecule has 54 heavy (non-hydrogen) atoms. The molecular weight excluding hydrogens is 702 g/mol. The van der Waals surface area contributed by atoms with Crippen LogP contribution in [-0.2, 0) is 56.9 Å². The van der Waals surface area contributed by atoms with Crippen molar-refractivity contribution >= 4 is 12.1 Å². The molecule has 0 radical (unpaired) electrons. The van der Waals surface area contributed by atoms with Crippen molar-refractivity contribution < 1.29 is 61.7 Å². The van der Waals surface area contributed by atoms with Crippen molar-refractivity contribution in [2.45, 2.75) is 19.3 Å². The standard InChI is InChI=1S/C40H59NO13/c1-33(2)39(42)53-31-30-52-29-28-51-27-26-50-25-24-49-23-22-48-21-20-47-19-18-46-17-16-45-15-14-44-13-7-12-41-40(43)54-32-38-36-10-5-3-8-34(36)35-9-4-6-11-37(35)38/h3-6,8-11,38H,1,7,12-32H2,2H3,(H,41,43). The second kappa shape index (κ2) is 29.9. The van der Waals surface area contributed by atoms with Crippen LogP contribution in [0.15, 0.2) is 60.7 Å². The van der Waals surface area contributed by atoms with Gasteiger partial charge in [0, 0.05) is 24.6 Å². The van der Waals surface area contributed by atoms with Crippen molar-refractivity contribution in [3.63, 3.8) is 0 Å². The van der Waals surface area contributed by atoms with E-state index in [0.717, 1.165) is 0 Å². The number of hydrogen-bond donors (Lipinski definition) is 1. The second-order valence-electron chi connectivity index (χ2n) is 12.0. The summed E-state index contributed by atoms with van der Waals surface area (Å²) in [5.41, 5.74) is 5.16. The summed E-state index contributed by atoms with van der Waals surface area (Å²) in [4.78, 5) is 23.5. The molecule has 14 heteroatoms. The molecule has 0 aliphatic heterocycles. The van der Waals surface area contributed by atoms with Crippen LogP contribution in [0.5, 0.6) is 0 Å². The Bertz CT molecular complexity index is 1260. The zero-order chi connectivity index (χ0) is 38.3. The summed E-state index contributed by atoms with van der Waals surface area (Å²) in [5, 5.41) is 2.80. The Hall–Kier alpha value is -3.44. The molecular formula is C40H59NO13. The fourth-order valence-corrected chi connectivity index (χ4v) is 5.19. The maximum absolute atomic E-state index is 12.3. The largest absolute Gasteiger partial charge is 0.460 e. The molecule has 0 bridgehead atoms. The molecule has 3 rings (SSSR count). The van der Waals surface area contributed by atoms with Crippen molar-refractivity contribution in [1.29, 1.82) is 0 Å². The fourth-order valence-electron chi connectivity index (χ4n) is 5.19. The minimum absolute atomic E-state index is 0.0463. The van der Waals surface area contributed by atoms with E-state index in [1.165, 1.54) is 22.3 Å². The number of carbonyl (C=O) groups is 2. The molecule has 0 atom stereocenters. The maximum atomic E-state index is 12.3. The Balaban J connectivity index is 0.954. The van der Waals surface area contributed by atoms with Gasteiger partial charge in [-0.3, -0.25) is 0 Å². The lowest BCUT2D eigenvalue weighted by atomic mass is 9.98. The molecule has 0 fully saturated rings. The molecule has 0 heterocycles. The zero-order valence-electron chi connectivity index (χ0n) is 31.8. The third-order valence-corrected chi connectivity index (χ3v) is 7.86. The van der Waals surface area contributed by atoms with Crippen LogP contribution in [0.25, 0.3) is 11.1 Å². The van der Waals surface area contributed by atoms with Gasteiger partial charge < -0.3 is 57.4 Å². The van der Waals surface area contributed by atoms with Crippen LogP contribution >= 0.6 is 0 Å². The van der Waals surface area contributed by atoms with E-state index in [1.54, 1.807) is 6.92 Å². The van der Waals surface area contributed by atoms with Gasteiger partial charge in [-0.15, -0.1) is 0 Å². The minimum Gasteiger partial charge on any atom is -0.460 e. The van der Waals surface area contributed by atoms with Crippen molar-refractivity contribution in [1.82, 2.24) is 5.32 Å². The summed E-state index contributed by atoms with van der Waals surface area (Å²) in [5.74, 6) is -0.370. The molecule has 2 aromatic carbocycles. The van der Waals surface area contributed by atoms with Gasteiger partial charge in [-0.2, -0.15) is 0 Å². The van der Waals surface area contributed by atoms with Crippen molar-refractivity contribution in [2.75, 3.05) is 139 Å². The summed E-state index contributed by atoms with van der Waals surface area (Å²) >= 11 is 0. The van der Waals surface area contributed by atoms with Crippen LogP contribution in [0.2, 0.25) is 0 Å². The number of rotatable bonds is 34. The van der Waals surface area contributed by atoms with E-state index < -0.39 is 12.1 Å². The van der Waals surface area contributed by atoms with E-state index in [9.17, 15) is 9.59 Å². The van der Waals surface area contributed by atoms with Gasteiger partial charge in [-0.25, -0.2) is 9.59 Å². The van der Waals surface area contributed by atoms with Crippen molar-refractivity contribution in [3.05, 3.63) is 71.8 Å². The summed E-state index contributed by atoms with van der Waals surface area (Å²) < 4.78 is 59.7. The lowest BCUT2D eigenvalue weighted by molar-refractivity contribution is -0.140. The van der Waals surface area contributed by atoms with E-state index >= 15 is 0 Å². The number of carbonyl (C=O) groups excluding carboxylic acids is 2. The van der Waals surface area contributed by atoms with Crippen LogP contribution in [0.4, 0.5) is 4.79 Å². The molecule has 0 spiro atoms.